The summed E-state index contributed by atoms with van der Waals surface area (Å²) >= 11 is 0. The van der Waals surface area contributed by atoms with Crippen LogP contribution in [0.15, 0.2) is 53.7 Å². The molecule has 2 aromatic heterocycles. The Morgan fingerprint density at radius 3 is 2.58 bits per heavy atom. The van der Waals surface area contributed by atoms with Crippen molar-refractivity contribution >= 4 is 9.84 Å². The summed E-state index contributed by atoms with van der Waals surface area (Å²) in [5.74, 6) is -0.650. The third-order valence-corrected chi connectivity index (χ3v) is 4.79. The van der Waals surface area contributed by atoms with E-state index in [1.54, 1.807) is 18.5 Å². The van der Waals surface area contributed by atoms with Crippen LogP contribution in [0.5, 0.6) is 0 Å². The van der Waals surface area contributed by atoms with Gasteiger partial charge in [0, 0.05) is 18.6 Å². The molecule has 0 bridgehead atoms. The predicted octanol–water partition coefficient (Wildman–Crippen LogP) is 3.04. The van der Waals surface area contributed by atoms with Crippen LogP contribution in [0.3, 0.4) is 0 Å². The molecule has 0 spiro atoms. The second-order valence-corrected chi connectivity index (χ2v) is 7.45. The maximum atomic E-state index is 14.3. The van der Waals surface area contributed by atoms with Gasteiger partial charge in [0.25, 0.3) is 0 Å². The van der Waals surface area contributed by atoms with E-state index < -0.39 is 15.7 Å². The summed E-state index contributed by atoms with van der Waals surface area (Å²) < 4.78 is 38.6. The van der Waals surface area contributed by atoms with Crippen LogP contribution >= 0.6 is 0 Å². The fourth-order valence-electron chi connectivity index (χ4n) is 2.33. The van der Waals surface area contributed by atoms with Crippen LogP contribution in [-0.2, 0) is 16.3 Å². The van der Waals surface area contributed by atoms with Gasteiger partial charge in [-0.2, -0.15) is 5.10 Å². The van der Waals surface area contributed by atoms with Gasteiger partial charge in [0.2, 0.25) is 0 Å². The van der Waals surface area contributed by atoms with Gasteiger partial charge in [0.05, 0.1) is 10.6 Å². The summed E-state index contributed by atoms with van der Waals surface area (Å²) in [5, 5.41) is 4.34. The molecule has 24 heavy (non-hydrogen) atoms. The Hall–Kier alpha value is -2.54. The van der Waals surface area contributed by atoms with Gasteiger partial charge in [0.15, 0.2) is 9.84 Å². The van der Waals surface area contributed by atoms with E-state index in [4.69, 9.17) is 0 Å². The second kappa shape index (κ2) is 6.16. The number of aromatic nitrogens is 3. The van der Waals surface area contributed by atoms with Crippen LogP contribution in [0.4, 0.5) is 4.39 Å². The molecule has 3 rings (SSSR count). The van der Waals surface area contributed by atoms with Crippen LogP contribution in [-0.4, -0.2) is 29.4 Å². The molecule has 0 aliphatic rings. The Kier molecular flexibility index (Phi) is 4.19. The van der Waals surface area contributed by atoms with Crippen molar-refractivity contribution < 1.29 is 12.8 Å². The fourth-order valence-corrected chi connectivity index (χ4v) is 2.97. The first-order valence-corrected chi connectivity index (χ1v) is 9.28. The minimum absolute atomic E-state index is 0.0616. The first-order valence-electron chi connectivity index (χ1n) is 7.39. The monoisotopic (exact) mass is 345 g/mol. The zero-order valence-electron chi connectivity index (χ0n) is 13.3. The molecule has 0 aliphatic heterocycles. The average Bonchev–Trinajstić information content (AvgIpc) is 3.03. The highest BCUT2D eigenvalue weighted by atomic mass is 32.2. The number of benzene rings is 1. The molecule has 0 N–H and O–H groups in total. The normalized spacial score (nSPS) is 11.6. The van der Waals surface area contributed by atoms with E-state index in [2.05, 4.69) is 17.0 Å². The Labute approximate surface area is 139 Å². The van der Waals surface area contributed by atoms with E-state index >= 15 is 0 Å². The maximum Gasteiger partial charge on any atom is 0.175 e. The van der Waals surface area contributed by atoms with Crippen molar-refractivity contribution in [1.82, 2.24) is 14.8 Å². The van der Waals surface area contributed by atoms with E-state index in [0.29, 0.717) is 11.4 Å². The molecule has 0 fully saturated rings. The van der Waals surface area contributed by atoms with Crippen molar-refractivity contribution in [3.63, 3.8) is 0 Å². The third kappa shape index (κ3) is 3.21. The Morgan fingerprint density at radius 2 is 1.92 bits per heavy atom. The van der Waals surface area contributed by atoms with Gasteiger partial charge in [-0.05, 0) is 48.4 Å². The van der Waals surface area contributed by atoms with Gasteiger partial charge in [0.1, 0.15) is 17.2 Å². The van der Waals surface area contributed by atoms with Crippen molar-refractivity contribution in [2.45, 2.75) is 18.2 Å². The number of hydrogen-bond donors (Lipinski definition) is 0. The van der Waals surface area contributed by atoms with Gasteiger partial charge in [-0.1, -0.05) is 6.92 Å². The molecule has 0 saturated carbocycles. The van der Waals surface area contributed by atoms with E-state index in [-0.39, 0.29) is 10.6 Å². The number of sulfone groups is 1. The molecular weight excluding hydrogens is 329 g/mol. The molecule has 7 heteroatoms. The predicted molar refractivity (Wildman–Crippen MR) is 89.2 cm³/mol. The van der Waals surface area contributed by atoms with E-state index in [9.17, 15) is 12.8 Å². The molecule has 0 aliphatic carbocycles. The zero-order chi connectivity index (χ0) is 17.3. The number of pyridine rings is 1. The smallest absolute Gasteiger partial charge is 0.175 e. The summed E-state index contributed by atoms with van der Waals surface area (Å²) in [6, 6.07) is 9.39. The summed E-state index contributed by atoms with van der Waals surface area (Å²) in [6.45, 7) is 2.05. The topological polar surface area (TPSA) is 64.8 Å². The van der Waals surface area contributed by atoms with E-state index in [1.165, 1.54) is 16.8 Å². The summed E-state index contributed by atoms with van der Waals surface area (Å²) in [4.78, 5) is 4.22. The highest BCUT2D eigenvalue weighted by Gasteiger charge is 2.13. The lowest BCUT2D eigenvalue weighted by Crippen LogP contribution is -2.03. The molecule has 0 atom stereocenters. The van der Waals surface area contributed by atoms with Crippen LogP contribution in [0.25, 0.3) is 17.1 Å². The average molecular weight is 345 g/mol. The molecule has 0 unspecified atom stereocenters. The third-order valence-electron chi connectivity index (χ3n) is 3.68. The van der Waals surface area contributed by atoms with Gasteiger partial charge in [-0.3, -0.25) is 4.98 Å². The number of hydrogen-bond acceptors (Lipinski definition) is 4. The van der Waals surface area contributed by atoms with Gasteiger partial charge < -0.3 is 0 Å². The van der Waals surface area contributed by atoms with Crippen LogP contribution in [0.2, 0.25) is 0 Å². The molecule has 1 aromatic carbocycles. The van der Waals surface area contributed by atoms with E-state index in [0.717, 1.165) is 24.3 Å². The largest absolute Gasteiger partial charge is 0.255 e. The fraction of sp³-hybridized carbons (Fsp3) is 0.176. The van der Waals surface area contributed by atoms with Gasteiger partial charge in [-0.25, -0.2) is 17.5 Å². The Bertz CT molecular complexity index is 997. The van der Waals surface area contributed by atoms with Crippen LogP contribution < -0.4 is 0 Å². The number of nitrogens with zero attached hydrogens (tertiary/aromatic N) is 3. The lowest BCUT2D eigenvalue weighted by atomic mass is 10.1. The second-order valence-electron chi connectivity index (χ2n) is 5.43. The molecule has 0 radical (unpaired) electrons. The van der Waals surface area contributed by atoms with Crippen molar-refractivity contribution in [3.05, 3.63) is 60.2 Å². The highest BCUT2D eigenvalue weighted by Crippen LogP contribution is 2.21. The summed E-state index contributed by atoms with van der Waals surface area (Å²) in [7, 11) is -3.45. The quantitative estimate of drug-likeness (QED) is 0.729. The molecule has 3 aromatic rings. The number of halogens is 1. The van der Waals surface area contributed by atoms with Gasteiger partial charge in [-0.15, -0.1) is 0 Å². The maximum absolute atomic E-state index is 14.3. The Balaban J connectivity index is 1.99. The molecule has 0 saturated heterocycles. The zero-order valence-corrected chi connectivity index (χ0v) is 14.1. The minimum Gasteiger partial charge on any atom is -0.255 e. The van der Waals surface area contributed by atoms with Crippen molar-refractivity contribution in [2.24, 2.45) is 0 Å². The lowest BCUT2D eigenvalue weighted by Gasteiger charge is -2.05. The van der Waals surface area contributed by atoms with Crippen molar-refractivity contribution in [3.8, 4) is 17.1 Å². The Morgan fingerprint density at radius 1 is 1.12 bits per heavy atom. The lowest BCUT2D eigenvalue weighted by molar-refractivity contribution is 0.591. The standard InChI is InChI=1S/C17H16FN3O2S/c1-3-12-6-8-19-16(10-12)15-7-9-21(20-15)17-5-4-13(11-14(17)18)24(2,22)23/h4-11H,3H2,1-2H3. The van der Waals surface area contributed by atoms with Gasteiger partial charge >= 0.3 is 0 Å². The molecule has 2 heterocycles. The van der Waals surface area contributed by atoms with Crippen molar-refractivity contribution in [1.29, 1.82) is 0 Å². The summed E-state index contributed by atoms with van der Waals surface area (Å²) in [6.07, 6.45) is 5.26. The highest BCUT2D eigenvalue weighted by molar-refractivity contribution is 7.90. The summed E-state index contributed by atoms with van der Waals surface area (Å²) in [5.41, 5.74) is 2.65. The number of rotatable bonds is 4. The first kappa shape index (κ1) is 16.3. The first-order chi connectivity index (χ1) is 11.4. The van der Waals surface area contributed by atoms with Crippen LogP contribution in [0, 0.1) is 5.82 Å². The molecule has 0 amide bonds. The van der Waals surface area contributed by atoms with Crippen LogP contribution in [0.1, 0.15) is 12.5 Å². The number of aryl methyl sites for hydroxylation is 1. The SMILES string of the molecule is CCc1ccnc(-c2ccn(-c3ccc(S(C)(=O)=O)cc3F)n2)c1. The molecule has 5 nitrogen and oxygen atoms in total. The van der Waals surface area contributed by atoms with Crippen molar-refractivity contribution in [2.75, 3.05) is 6.26 Å². The van der Waals surface area contributed by atoms with E-state index in [1.807, 2.05) is 12.1 Å². The minimum atomic E-state index is -3.45. The molecule has 124 valence electrons. The molecular formula is C17H16FN3O2S.